The Kier molecular flexibility index (Phi) is 5.88. The first-order chi connectivity index (χ1) is 6.84. The van der Waals surface area contributed by atoms with E-state index in [1.54, 1.807) is 0 Å². The molecule has 0 saturated carbocycles. The van der Waals surface area contributed by atoms with E-state index in [0.717, 1.165) is 19.1 Å². The summed E-state index contributed by atoms with van der Waals surface area (Å²) in [5.41, 5.74) is 0. The van der Waals surface area contributed by atoms with Crippen LogP contribution in [0, 0.1) is 0 Å². The van der Waals surface area contributed by atoms with Gasteiger partial charge in [-0.15, -0.1) is 6.58 Å². The van der Waals surface area contributed by atoms with Crippen molar-refractivity contribution in [2.45, 2.75) is 38.6 Å². The van der Waals surface area contributed by atoms with Crippen LogP contribution in [0.15, 0.2) is 12.7 Å². The first kappa shape index (κ1) is 11.7. The lowest BCUT2D eigenvalue weighted by Gasteiger charge is -2.33. The molecule has 0 aromatic carbocycles. The second-order valence-corrected chi connectivity index (χ2v) is 4.23. The molecular weight excluding hydrogens is 172 g/mol. The summed E-state index contributed by atoms with van der Waals surface area (Å²) in [6.45, 7) is 10.9. The zero-order valence-corrected chi connectivity index (χ0v) is 9.47. The van der Waals surface area contributed by atoms with E-state index in [9.17, 15) is 0 Å². The number of hydrogen-bond acceptors (Lipinski definition) is 2. The molecule has 0 amide bonds. The average Bonchev–Trinajstić information content (AvgIpc) is 2.20. The summed E-state index contributed by atoms with van der Waals surface area (Å²) in [4.78, 5) is 2.60. The summed E-state index contributed by atoms with van der Waals surface area (Å²) in [7, 11) is 0. The fourth-order valence-corrected chi connectivity index (χ4v) is 2.00. The first-order valence-electron chi connectivity index (χ1n) is 5.90. The van der Waals surface area contributed by atoms with E-state index in [1.165, 1.54) is 38.8 Å². The Labute approximate surface area is 88.4 Å². The highest BCUT2D eigenvalue weighted by atomic mass is 15.2. The third-order valence-electron chi connectivity index (χ3n) is 2.99. The summed E-state index contributed by atoms with van der Waals surface area (Å²) < 4.78 is 0. The highest BCUT2D eigenvalue weighted by molar-refractivity contribution is 4.75. The van der Waals surface area contributed by atoms with E-state index >= 15 is 0 Å². The maximum Gasteiger partial charge on any atom is 0.0192 e. The van der Waals surface area contributed by atoms with Crippen molar-refractivity contribution in [2.24, 2.45) is 0 Å². The monoisotopic (exact) mass is 196 g/mol. The molecule has 0 spiro atoms. The molecule has 1 rings (SSSR count). The number of nitrogens with one attached hydrogen (secondary N) is 1. The Balaban J connectivity index is 2.01. The Morgan fingerprint density at radius 2 is 2.29 bits per heavy atom. The van der Waals surface area contributed by atoms with Gasteiger partial charge in [0, 0.05) is 25.7 Å². The smallest absolute Gasteiger partial charge is 0.0192 e. The van der Waals surface area contributed by atoms with Crippen LogP contribution < -0.4 is 5.32 Å². The molecule has 0 bridgehead atoms. The second kappa shape index (κ2) is 7.02. The molecule has 14 heavy (non-hydrogen) atoms. The standard InChI is InChI=1S/C12H24N2/c1-3-4-5-6-7-9-14-10-8-13-11-12(14)2/h3,12-13H,1,4-11H2,2H3/t12-/m1/s1. The van der Waals surface area contributed by atoms with Crippen LogP contribution in [-0.4, -0.2) is 37.1 Å². The van der Waals surface area contributed by atoms with Crippen LogP contribution in [0.4, 0.5) is 0 Å². The van der Waals surface area contributed by atoms with Gasteiger partial charge in [0.25, 0.3) is 0 Å². The number of allylic oxidation sites excluding steroid dienone is 1. The Morgan fingerprint density at radius 1 is 1.43 bits per heavy atom. The third kappa shape index (κ3) is 4.25. The van der Waals surface area contributed by atoms with Gasteiger partial charge in [-0.2, -0.15) is 0 Å². The summed E-state index contributed by atoms with van der Waals surface area (Å²) in [5, 5.41) is 3.42. The fraction of sp³-hybridized carbons (Fsp3) is 0.833. The Morgan fingerprint density at radius 3 is 3.00 bits per heavy atom. The van der Waals surface area contributed by atoms with Crippen LogP contribution in [0.2, 0.25) is 0 Å². The summed E-state index contributed by atoms with van der Waals surface area (Å²) in [6.07, 6.45) is 7.20. The quantitative estimate of drug-likeness (QED) is 0.516. The van der Waals surface area contributed by atoms with E-state index in [4.69, 9.17) is 0 Å². The molecule has 1 N–H and O–H groups in total. The van der Waals surface area contributed by atoms with Crippen molar-refractivity contribution in [3.05, 3.63) is 12.7 Å². The van der Waals surface area contributed by atoms with Crippen molar-refractivity contribution in [1.29, 1.82) is 0 Å². The summed E-state index contributed by atoms with van der Waals surface area (Å²) in [5.74, 6) is 0. The van der Waals surface area contributed by atoms with Crippen LogP contribution in [0.25, 0.3) is 0 Å². The lowest BCUT2D eigenvalue weighted by atomic mass is 10.1. The number of piperazine rings is 1. The maximum absolute atomic E-state index is 3.74. The topological polar surface area (TPSA) is 15.3 Å². The van der Waals surface area contributed by atoms with Gasteiger partial charge in [-0.05, 0) is 32.7 Å². The Hall–Kier alpha value is -0.340. The highest BCUT2D eigenvalue weighted by Gasteiger charge is 2.16. The highest BCUT2D eigenvalue weighted by Crippen LogP contribution is 2.06. The van der Waals surface area contributed by atoms with Gasteiger partial charge in [0.15, 0.2) is 0 Å². The molecule has 1 atom stereocenters. The largest absolute Gasteiger partial charge is 0.314 e. The Bertz CT molecular complexity index is 156. The van der Waals surface area contributed by atoms with Crippen molar-refractivity contribution in [1.82, 2.24) is 10.2 Å². The fourth-order valence-electron chi connectivity index (χ4n) is 2.00. The van der Waals surface area contributed by atoms with E-state index in [0.29, 0.717) is 0 Å². The molecule has 0 unspecified atom stereocenters. The number of rotatable bonds is 6. The summed E-state index contributed by atoms with van der Waals surface area (Å²) >= 11 is 0. The molecule has 2 heteroatoms. The SMILES string of the molecule is C=CCCCCCN1CCNC[C@H]1C. The van der Waals surface area contributed by atoms with Gasteiger partial charge in [-0.3, -0.25) is 4.90 Å². The molecule has 0 aromatic heterocycles. The number of unbranched alkanes of at least 4 members (excludes halogenated alkanes) is 3. The molecule has 1 aliphatic rings. The van der Waals surface area contributed by atoms with Crippen molar-refractivity contribution in [3.8, 4) is 0 Å². The number of hydrogen-bond donors (Lipinski definition) is 1. The van der Waals surface area contributed by atoms with Crippen molar-refractivity contribution in [3.63, 3.8) is 0 Å². The van der Waals surface area contributed by atoms with Crippen molar-refractivity contribution < 1.29 is 0 Å². The minimum absolute atomic E-state index is 0.725. The van der Waals surface area contributed by atoms with E-state index in [-0.39, 0.29) is 0 Å². The van der Waals surface area contributed by atoms with Gasteiger partial charge < -0.3 is 5.32 Å². The predicted octanol–water partition coefficient (Wildman–Crippen LogP) is 2.03. The lowest BCUT2D eigenvalue weighted by Crippen LogP contribution is -2.49. The van der Waals surface area contributed by atoms with E-state index < -0.39 is 0 Å². The van der Waals surface area contributed by atoms with Gasteiger partial charge >= 0.3 is 0 Å². The molecule has 0 aromatic rings. The van der Waals surface area contributed by atoms with Gasteiger partial charge in [-0.25, -0.2) is 0 Å². The third-order valence-corrected chi connectivity index (χ3v) is 2.99. The zero-order valence-electron chi connectivity index (χ0n) is 9.47. The molecule has 1 fully saturated rings. The first-order valence-corrected chi connectivity index (χ1v) is 5.90. The molecule has 0 radical (unpaired) electrons. The van der Waals surface area contributed by atoms with Gasteiger partial charge in [-0.1, -0.05) is 12.5 Å². The average molecular weight is 196 g/mol. The van der Waals surface area contributed by atoms with Crippen LogP contribution in [0.3, 0.4) is 0 Å². The summed E-state index contributed by atoms with van der Waals surface area (Å²) in [6, 6.07) is 0.725. The predicted molar refractivity (Wildman–Crippen MR) is 62.6 cm³/mol. The van der Waals surface area contributed by atoms with Crippen LogP contribution in [-0.2, 0) is 0 Å². The maximum atomic E-state index is 3.74. The van der Waals surface area contributed by atoms with E-state index in [1.807, 2.05) is 6.08 Å². The molecule has 82 valence electrons. The van der Waals surface area contributed by atoms with Crippen molar-refractivity contribution >= 4 is 0 Å². The van der Waals surface area contributed by atoms with Gasteiger partial charge in [0.2, 0.25) is 0 Å². The van der Waals surface area contributed by atoms with Gasteiger partial charge in [0.05, 0.1) is 0 Å². The second-order valence-electron chi connectivity index (χ2n) is 4.23. The molecular formula is C12H24N2. The normalized spacial score (nSPS) is 23.6. The van der Waals surface area contributed by atoms with Crippen LogP contribution >= 0.6 is 0 Å². The molecule has 1 saturated heterocycles. The zero-order chi connectivity index (χ0) is 10.2. The minimum Gasteiger partial charge on any atom is -0.314 e. The van der Waals surface area contributed by atoms with Crippen LogP contribution in [0.5, 0.6) is 0 Å². The van der Waals surface area contributed by atoms with Gasteiger partial charge in [0.1, 0.15) is 0 Å². The van der Waals surface area contributed by atoms with E-state index in [2.05, 4.69) is 23.7 Å². The van der Waals surface area contributed by atoms with Crippen LogP contribution in [0.1, 0.15) is 32.6 Å². The molecule has 1 aliphatic heterocycles. The minimum atomic E-state index is 0.725. The molecule has 2 nitrogen and oxygen atoms in total. The molecule has 1 heterocycles. The molecule has 0 aliphatic carbocycles. The lowest BCUT2D eigenvalue weighted by molar-refractivity contribution is 0.170. The van der Waals surface area contributed by atoms with Crippen molar-refractivity contribution in [2.75, 3.05) is 26.2 Å². The number of nitrogens with zero attached hydrogens (tertiary/aromatic N) is 1.